The van der Waals surface area contributed by atoms with E-state index in [1.54, 1.807) is 23.8 Å². The summed E-state index contributed by atoms with van der Waals surface area (Å²) in [4.78, 5) is 15.8. The van der Waals surface area contributed by atoms with Crippen LogP contribution in [0.3, 0.4) is 0 Å². The molecule has 0 saturated heterocycles. The van der Waals surface area contributed by atoms with Gasteiger partial charge in [0, 0.05) is 0 Å². The fourth-order valence-electron chi connectivity index (χ4n) is 1.38. The Morgan fingerprint density at radius 2 is 2.35 bits per heavy atom. The number of hydrogen-bond acceptors (Lipinski definition) is 4. The number of aryl methyl sites for hydroxylation is 1. The molecule has 2 atom stereocenters. The molecule has 0 bridgehead atoms. The normalized spacial score (nSPS) is 12.6. The second-order valence-electron chi connectivity index (χ2n) is 3.66. The van der Waals surface area contributed by atoms with Crippen molar-refractivity contribution in [3.05, 3.63) is 22.8 Å². The van der Waals surface area contributed by atoms with Crippen molar-refractivity contribution in [3.63, 3.8) is 0 Å². The number of carboxylic acids is 1. The number of carboxylic acid groups (broad SMARTS) is 1. The van der Waals surface area contributed by atoms with Gasteiger partial charge in [-0.2, -0.15) is 0 Å². The van der Waals surface area contributed by atoms with Crippen molar-refractivity contribution in [2.24, 2.45) is 0 Å². The van der Waals surface area contributed by atoms with Crippen LogP contribution in [-0.2, 0) is 0 Å². The molecule has 2 unspecified atom stereocenters. The quantitative estimate of drug-likeness (QED) is 0.864. The van der Waals surface area contributed by atoms with Crippen LogP contribution in [0, 0.1) is 6.92 Å². The average Bonchev–Trinajstić information content (AvgIpc) is 2.82. The molecule has 0 aliphatic carbocycles. The summed E-state index contributed by atoms with van der Waals surface area (Å²) in [5.41, 5.74) is 1.27. The van der Waals surface area contributed by atoms with Crippen LogP contribution in [-0.4, -0.2) is 42.7 Å². The Morgan fingerprint density at radius 1 is 1.65 bits per heavy atom. The Balaban J connectivity index is 2.39. The Hall–Kier alpha value is -1.13. The van der Waals surface area contributed by atoms with Crippen molar-refractivity contribution in [2.45, 2.75) is 18.7 Å². The van der Waals surface area contributed by atoms with Gasteiger partial charge in [-0.05, 0) is 0 Å². The summed E-state index contributed by atoms with van der Waals surface area (Å²) in [5.74, 6) is -0.933. The summed E-state index contributed by atoms with van der Waals surface area (Å²) >= 11 is 2.74. The van der Waals surface area contributed by atoms with E-state index in [2.05, 4.69) is 17.0 Å². The molecule has 0 aliphatic heterocycles. The molecule has 0 amide bonds. The summed E-state index contributed by atoms with van der Waals surface area (Å²) in [7, 11) is 0. The predicted molar refractivity (Wildman–Crippen MR) is 68.3 cm³/mol. The maximum absolute atomic E-state index is 10.9. The second kappa shape index (κ2) is 4.62. The van der Waals surface area contributed by atoms with E-state index < -0.39 is 5.97 Å². The van der Waals surface area contributed by atoms with Gasteiger partial charge >= 0.3 is 111 Å². The number of rotatable bonds is 3. The molecule has 0 aromatic carbocycles. The Kier molecular flexibility index (Phi) is 3.35. The van der Waals surface area contributed by atoms with Gasteiger partial charge in [0.05, 0.1) is 0 Å². The monoisotopic (exact) mass is 313 g/mol. The van der Waals surface area contributed by atoms with Gasteiger partial charge in [0.15, 0.2) is 0 Å². The van der Waals surface area contributed by atoms with Crippen LogP contribution in [0.1, 0.15) is 27.1 Å². The SMILES string of the molecule is Cc1nc(-c2ccn(C(C)[AsH2])n2)sc1C(=O)O. The van der Waals surface area contributed by atoms with Crippen LogP contribution in [0.4, 0.5) is 0 Å². The van der Waals surface area contributed by atoms with Crippen LogP contribution < -0.4 is 0 Å². The topological polar surface area (TPSA) is 68.0 Å². The van der Waals surface area contributed by atoms with E-state index in [0.29, 0.717) is 15.5 Å². The van der Waals surface area contributed by atoms with Gasteiger partial charge in [0.2, 0.25) is 0 Å². The van der Waals surface area contributed by atoms with Gasteiger partial charge in [-0.25, -0.2) is 0 Å². The van der Waals surface area contributed by atoms with E-state index >= 15 is 0 Å². The Bertz CT molecular complexity index is 562. The minimum atomic E-state index is -0.933. The maximum atomic E-state index is 10.9. The van der Waals surface area contributed by atoms with Gasteiger partial charge in [-0.1, -0.05) is 0 Å². The first-order valence-electron chi connectivity index (χ1n) is 5.01. The number of nitrogens with zero attached hydrogens (tertiary/aromatic N) is 3. The van der Waals surface area contributed by atoms with Crippen molar-refractivity contribution >= 4 is 34.2 Å². The number of aromatic nitrogens is 3. The molecule has 2 rings (SSSR count). The van der Waals surface area contributed by atoms with Crippen LogP contribution in [0.15, 0.2) is 12.3 Å². The first-order valence-corrected chi connectivity index (χ1v) is 7.22. The van der Waals surface area contributed by atoms with E-state index in [1.807, 2.05) is 16.9 Å². The Morgan fingerprint density at radius 3 is 2.82 bits per heavy atom. The molecule has 17 heavy (non-hydrogen) atoms. The van der Waals surface area contributed by atoms with Crippen LogP contribution in [0.2, 0.25) is 0 Å². The molecule has 5 nitrogen and oxygen atoms in total. The minimum absolute atomic E-state index is 0.281. The summed E-state index contributed by atoms with van der Waals surface area (Å²) in [6, 6.07) is 1.86. The van der Waals surface area contributed by atoms with Crippen LogP contribution >= 0.6 is 11.3 Å². The third kappa shape index (κ3) is 2.42. The van der Waals surface area contributed by atoms with Gasteiger partial charge in [0.1, 0.15) is 0 Å². The van der Waals surface area contributed by atoms with E-state index in [4.69, 9.17) is 5.11 Å². The zero-order valence-electron chi connectivity index (χ0n) is 9.41. The van der Waals surface area contributed by atoms with Gasteiger partial charge < -0.3 is 0 Å². The molecule has 90 valence electrons. The third-order valence-electron chi connectivity index (χ3n) is 2.24. The van der Waals surface area contributed by atoms with E-state index in [-0.39, 0.29) is 4.88 Å². The molecule has 2 aromatic heterocycles. The van der Waals surface area contributed by atoms with Crippen molar-refractivity contribution in [1.82, 2.24) is 14.8 Å². The zero-order chi connectivity index (χ0) is 12.6. The molecule has 2 heterocycles. The number of carbonyl (C=O) groups is 1. The standard InChI is InChI=1S/C10H12AsN3O2S/c1-5-8(10(15)16)17-9(12-5)7-3-4-14(13-7)6(2)11/h3-4,6H,11H2,1-2H3,(H,15,16). The molecule has 0 fully saturated rings. The summed E-state index contributed by atoms with van der Waals surface area (Å²) in [5, 5.41) is 14.0. The van der Waals surface area contributed by atoms with E-state index in [1.165, 1.54) is 0 Å². The molecular weight excluding hydrogens is 301 g/mol. The molecule has 1 N–H and O–H groups in total. The number of thiazole rings is 1. The summed E-state index contributed by atoms with van der Waals surface area (Å²) in [6.45, 7) is 3.76. The van der Waals surface area contributed by atoms with Crippen LogP contribution in [0.5, 0.6) is 0 Å². The molecule has 7 heteroatoms. The molecule has 2 aromatic rings. The molecular formula is C10H12AsN3O2S. The molecule has 0 saturated carbocycles. The van der Waals surface area contributed by atoms with Gasteiger partial charge in [-0.3, -0.25) is 0 Å². The number of hydrogen-bond donors (Lipinski definition) is 1. The molecule has 0 spiro atoms. The summed E-state index contributed by atoms with van der Waals surface area (Å²) < 4.78 is 1.85. The van der Waals surface area contributed by atoms with Crippen molar-refractivity contribution in [2.75, 3.05) is 0 Å². The van der Waals surface area contributed by atoms with Crippen molar-refractivity contribution < 1.29 is 9.90 Å². The fourth-order valence-corrected chi connectivity index (χ4v) is 2.60. The first-order chi connectivity index (χ1) is 7.99. The van der Waals surface area contributed by atoms with Crippen LogP contribution in [0.25, 0.3) is 10.7 Å². The average molecular weight is 313 g/mol. The first kappa shape index (κ1) is 12.3. The molecule has 0 aliphatic rings. The molecule has 0 radical (unpaired) electrons. The van der Waals surface area contributed by atoms with E-state index in [0.717, 1.165) is 17.0 Å². The van der Waals surface area contributed by atoms with Gasteiger partial charge in [0.25, 0.3) is 0 Å². The Labute approximate surface area is 111 Å². The second-order valence-corrected chi connectivity index (χ2v) is 6.68. The van der Waals surface area contributed by atoms with E-state index in [9.17, 15) is 4.79 Å². The van der Waals surface area contributed by atoms with Gasteiger partial charge in [-0.15, -0.1) is 0 Å². The predicted octanol–water partition coefficient (Wildman–Crippen LogP) is 1.16. The zero-order valence-corrected chi connectivity index (χ0v) is 12.7. The number of aromatic carboxylic acids is 1. The van der Waals surface area contributed by atoms with Crippen molar-refractivity contribution in [1.29, 1.82) is 0 Å². The fraction of sp³-hybridized carbons (Fsp3) is 0.300. The summed E-state index contributed by atoms with van der Waals surface area (Å²) in [6.07, 6.45) is 1.89. The third-order valence-corrected chi connectivity index (χ3v) is 4.04. The van der Waals surface area contributed by atoms with Crippen molar-refractivity contribution in [3.8, 4) is 10.7 Å².